The van der Waals surface area contributed by atoms with E-state index in [9.17, 15) is 9.59 Å². The molecule has 0 spiro atoms. The van der Waals surface area contributed by atoms with Crippen molar-refractivity contribution in [1.82, 2.24) is 19.4 Å². The molecule has 0 aliphatic carbocycles. The Morgan fingerprint density at radius 3 is 2.50 bits per heavy atom. The molecule has 2 aromatic heterocycles. The molecule has 152 valence electrons. The normalized spacial score (nSPS) is 10.9. The number of hydrogen-bond acceptors (Lipinski definition) is 5. The first kappa shape index (κ1) is 19.4. The van der Waals surface area contributed by atoms with Crippen molar-refractivity contribution >= 4 is 17.1 Å². The van der Waals surface area contributed by atoms with Crippen LogP contribution in [0.2, 0.25) is 0 Å². The van der Waals surface area contributed by atoms with Crippen LogP contribution in [0.25, 0.3) is 16.8 Å². The Kier molecular flexibility index (Phi) is 5.30. The van der Waals surface area contributed by atoms with Crippen molar-refractivity contribution in [2.75, 3.05) is 12.4 Å². The number of nitrogens with zero attached hydrogens (tertiary/aromatic N) is 4. The molecule has 4 aromatic rings. The molecule has 0 radical (unpaired) electrons. The number of fused-ring (bicyclic) bond motifs is 1. The Balaban J connectivity index is 1.55. The molecule has 0 fully saturated rings. The third kappa shape index (κ3) is 3.93. The fraction of sp³-hybridized carbons (Fsp3) is 0.182. The molecule has 0 saturated carbocycles. The lowest BCUT2D eigenvalue weighted by molar-refractivity contribution is -0.117. The van der Waals surface area contributed by atoms with Gasteiger partial charge >= 0.3 is 0 Å². The van der Waals surface area contributed by atoms with E-state index in [0.717, 1.165) is 22.4 Å². The van der Waals surface area contributed by atoms with E-state index in [1.165, 1.54) is 16.4 Å². The summed E-state index contributed by atoms with van der Waals surface area (Å²) in [7, 11) is 1.60. The van der Waals surface area contributed by atoms with Gasteiger partial charge in [-0.1, -0.05) is 19.1 Å². The smallest absolute Gasteiger partial charge is 0.293 e. The van der Waals surface area contributed by atoms with Gasteiger partial charge in [0, 0.05) is 11.3 Å². The summed E-state index contributed by atoms with van der Waals surface area (Å²) in [6.07, 6.45) is 2.35. The summed E-state index contributed by atoms with van der Waals surface area (Å²) >= 11 is 0. The Labute approximate surface area is 172 Å². The maximum atomic E-state index is 12.8. The minimum absolute atomic E-state index is 0.187. The van der Waals surface area contributed by atoms with Crippen molar-refractivity contribution in [3.8, 4) is 17.0 Å². The standard InChI is InChI=1S/C22H21N5O3/c1-3-15-4-8-17(9-5-15)24-21(28)13-26-22(29)20-12-19(25-27(20)14-23-26)16-6-10-18(30-2)11-7-16/h4-12,14H,3,13H2,1-2H3,(H,24,28). The van der Waals surface area contributed by atoms with Gasteiger partial charge in [0.2, 0.25) is 5.91 Å². The van der Waals surface area contributed by atoms with Gasteiger partial charge in [-0.2, -0.15) is 10.2 Å². The maximum absolute atomic E-state index is 12.8. The molecule has 1 amide bonds. The molecule has 1 N–H and O–H groups in total. The lowest BCUT2D eigenvalue weighted by Crippen LogP contribution is -2.30. The second kappa shape index (κ2) is 8.20. The maximum Gasteiger partial charge on any atom is 0.293 e. The minimum Gasteiger partial charge on any atom is -0.497 e. The Morgan fingerprint density at radius 2 is 1.83 bits per heavy atom. The molecule has 30 heavy (non-hydrogen) atoms. The van der Waals surface area contributed by atoms with Crippen LogP contribution in [0.15, 0.2) is 65.7 Å². The van der Waals surface area contributed by atoms with Crippen LogP contribution in [-0.4, -0.2) is 32.4 Å². The monoisotopic (exact) mass is 403 g/mol. The zero-order valence-corrected chi connectivity index (χ0v) is 16.7. The molecule has 2 heterocycles. The lowest BCUT2D eigenvalue weighted by atomic mass is 10.1. The summed E-state index contributed by atoms with van der Waals surface area (Å²) in [5.74, 6) is 0.412. The molecule has 0 saturated heterocycles. The number of aromatic nitrogens is 4. The van der Waals surface area contributed by atoms with E-state index in [2.05, 4.69) is 22.4 Å². The highest BCUT2D eigenvalue weighted by Crippen LogP contribution is 2.21. The second-order valence-electron chi connectivity index (χ2n) is 6.78. The largest absolute Gasteiger partial charge is 0.497 e. The highest BCUT2D eigenvalue weighted by atomic mass is 16.5. The van der Waals surface area contributed by atoms with Crippen LogP contribution in [0.5, 0.6) is 5.75 Å². The van der Waals surface area contributed by atoms with Gasteiger partial charge in [0.05, 0.1) is 12.8 Å². The van der Waals surface area contributed by atoms with Crippen LogP contribution < -0.4 is 15.6 Å². The predicted octanol–water partition coefficient (Wildman–Crippen LogP) is 2.77. The number of aryl methyl sites for hydroxylation is 1. The van der Waals surface area contributed by atoms with Gasteiger partial charge in [0.25, 0.3) is 5.56 Å². The van der Waals surface area contributed by atoms with Gasteiger partial charge in [-0.25, -0.2) is 9.20 Å². The fourth-order valence-corrected chi connectivity index (χ4v) is 3.11. The number of rotatable bonds is 6. The van der Waals surface area contributed by atoms with Crippen LogP contribution >= 0.6 is 0 Å². The fourth-order valence-electron chi connectivity index (χ4n) is 3.11. The summed E-state index contributed by atoms with van der Waals surface area (Å²) < 4.78 is 7.71. The first-order valence-corrected chi connectivity index (χ1v) is 9.56. The molecule has 0 aliphatic heterocycles. The third-order valence-electron chi connectivity index (χ3n) is 4.81. The highest BCUT2D eigenvalue weighted by molar-refractivity contribution is 5.90. The van der Waals surface area contributed by atoms with Crippen LogP contribution in [0.3, 0.4) is 0 Å². The number of ether oxygens (including phenoxy) is 1. The average molecular weight is 403 g/mol. The summed E-state index contributed by atoms with van der Waals surface area (Å²) in [6, 6.07) is 16.7. The van der Waals surface area contributed by atoms with E-state index in [-0.39, 0.29) is 18.0 Å². The molecule has 8 heteroatoms. The van der Waals surface area contributed by atoms with Crippen molar-refractivity contribution in [3.63, 3.8) is 0 Å². The zero-order chi connectivity index (χ0) is 21.1. The van der Waals surface area contributed by atoms with Crippen LogP contribution in [-0.2, 0) is 17.8 Å². The van der Waals surface area contributed by atoms with Gasteiger partial charge in [-0.05, 0) is 54.4 Å². The van der Waals surface area contributed by atoms with E-state index in [4.69, 9.17) is 4.74 Å². The van der Waals surface area contributed by atoms with Gasteiger partial charge in [0.15, 0.2) is 0 Å². The summed E-state index contributed by atoms with van der Waals surface area (Å²) in [4.78, 5) is 25.2. The summed E-state index contributed by atoms with van der Waals surface area (Å²) in [5.41, 5.74) is 3.30. The van der Waals surface area contributed by atoms with Crippen LogP contribution in [0, 0.1) is 0 Å². The van der Waals surface area contributed by atoms with Gasteiger partial charge in [0.1, 0.15) is 24.1 Å². The number of nitrogens with one attached hydrogen (secondary N) is 1. The number of methoxy groups -OCH3 is 1. The summed E-state index contributed by atoms with van der Waals surface area (Å²) in [6.45, 7) is 1.88. The number of carbonyl (C=O) groups is 1. The molecule has 0 atom stereocenters. The molecule has 2 aromatic carbocycles. The number of anilines is 1. The van der Waals surface area contributed by atoms with Crippen LogP contribution in [0.1, 0.15) is 12.5 Å². The first-order valence-electron chi connectivity index (χ1n) is 9.56. The highest BCUT2D eigenvalue weighted by Gasteiger charge is 2.12. The second-order valence-corrected chi connectivity index (χ2v) is 6.78. The first-order chi connectivity index (χ1) is 14.6. The van der Waals surface area contributed by atoms with Gasteiger partial charge in [-0.15, -0.1) is 0 Å². The van der Waals surface area contributed by atoms with E-state index in [1.54, 1.807) is 13.2 Å². The summed E-state index contributed by atoms with van der Waals surface area (Å²) in [5, 5.41) is 11.3. The Morgan fingerprint density at radius 1 is 1.10 bits per heavy atom. The molecule has 0 bridgehead atoms. The van der Waals surface area contributed by atoms with Crippen LogP contribution in [0.4, 0.5) is 5.69 Å². The van der Waals surface area contributed by atoms with Crippen molar-refractivity contribution in [2.45, 2.75) is 19.9 Å². The average Bonchev–Trinajstić information content (AvgIpc) is 3.21. The molecule has 0 aliphatic rings. The quantitative estimate of drug-likeness (QED) is 0.535. The number of amides is 1. The molecule has 8 nitrogen and oxygen atoms in total. The van der Waals surface area contributed by atoms with Crippen molar-refractivity contribution < 1.29 is 9.53 Å². The third-order valence-corrected chi connectivity index (χ3v) is 4.81. The van der Waals surface area contributed by atoms with Crippen molar-refractivity contribution in [3.05, 3.63) is 76.8 Å². The molecule has 4 rings (SSSR count). The predicted molar refractivity (Wildman–Crippen MR) is 114 cm³/mol. The molecule has 0 unspecified atom stereocenters. The number of carbonyl (C=O) groups excluding carboxylic acids is 1. The van der Waals surface area contributed by atoms with E-state index in [0.29, 0.717) is 16.9 Å². The van der Waals surface area contributed by atoms with E-state index < -0.39 is 0 Å². The van der Waals surface area contributed by atoms with E-state index >= 15 is 0 Å². The Bertz CT molecular complexity index is 1240. The SMILES string of the molecule is CCc1ccc(NC(=O)Cn2ncn3nc(-c4ccc(OC)cc4)cc3c2=O)cc1. The Hall–Kier alpha value is -3.94. The van der Waals surface area contributed by atoms with Crippen molar-refractivity contribution in [1.29, 1.82) is 0 Å². The van der Waals surface area contributed by atoms with Gasteiger partial charge in [-0.3, -0.25) is 9.59 Å². The van der Waals surface area contributed by atoms with E-state index in [1.807, 2.05) is 48.5 Å². The van der Waals surface area contributed by atoms with Crippen molar-refractivity contribution in [2.24, 2.45) is 0 Å². The molecular formula is C22H21N5O3. The molecular weight excluding hydrogens is 382 g/mol. The minimum atomic E-state index is -0.388. The number of hydrogen-bond donors (Lipinski definition) is 1. The topological polar surface area (TPSA) is 90.5 Å². The van der Waals surface area contributed by atoms with Gasteiger partial charge < -0.3 is 10.1 Å². The lowest BCUT2D eigenvalue weighted by Gasteiger charge is -2.07. The number of benzene rings is 2. The zero-order valence-electron chi connectivity index (χ0n) is 16.7.